The first-order chi connectivity index (χ1) is 12.8. The first kappa shape index (κ1) is 19.3. The molecule has 0 unspecified atom stereocenters. The normalized spacial score (nSPS) is 12.1. The molecule has 7 nitrogen and oxygen atoms in total. The Morgan fingerprint density at radius 3 is 2.70 bits per heavy atom. The lowest BCUT2D eigenvalue weighted by Gasteiger charge is -2.06. The molecule has 0 saturated carbocycles. The summed E-state index contributed by atoms with van der Waals surface area (Å²) in [6.07, 6.45) is 0. The van der Waals surface area contributed by atoms with Gasteiger partial charge < -0.3 is 9.30 Å². The molecule has 3 aromatic rings. The molecule has 3 rings (SSSR count). The van der Waals surface area contributed by atoms with Gasteiger partial charge in [0.2, 0.25) is 0 Å². The number of hydrogen-bond acceptors (Lipinski definition) is 5. The van der Waals surface area contributed by atoms with Gasteiger partial charge in [0.1, 0.15) is 6.54 Å². The van der Waals surface area contributed by atoms with Crippen LogP contribution in [0.3, 0.4) is 0 Å². The quantitative estimate of drug-likeness (QED) is 0.622. The van der Waals surface area contributed by atoms with Crippen LogP contribution in [-0.4, -0.2) is 33.3 Å². The second-order valence-electron chi connectivity index (χ2n) is 6.29. The number of ether oxygens (including phenoxy) is 1. The number of amides is 1. The van der Waals surface area contributed by atoms with Gasteiger partial charge in [0, 0.05) is 16.8 Å². The van der Waals surface area contributed by atoms with Crippen molar-refractivity contribution in [3.63, 3.8) is 0 Å². The average Bonchev–Trinajstić information content (AvgIpc) is 3.15. The summed E-state index contributed by atoms with van der Waals surface area (Å²) in [6.45, 7) is 5.82. The van der Waals surface area contributed by atoms with Gasteiger partial charge in [-0.2, -0.15) is 10.1 Å². The molecule has 0 bridgehead atoms. The zero-order valence-electron chi connectivity index (χ0n) is 15.4. The van der Waals surface area contributed by atoms with Gasteiger partial charge in [-0.05, 0) is 45.0 Å². The molecule has 0 aliphatic rings. The van der Waals surface area contributed by atoms with Crippen molar-refractivity contribution in [2.45, 2.75) is 33.4 Å². The number of benzene rings is 1. The number of fused-ring (bicyclic) bond motifs is 1. The Morgan fingerprint density at radius 2 is 2.07 bits per heavy atom. The van der Waals surface area contributed by atoms with Gasteiger partial charge in [-0.3, -0.25) is 14.3 Å². The SMILES string of the molecule is COC(=O)Cn1c(=NC(=O)c2cc(C)n(C(C)C)n2)sc2cc(Cl)ccc21. The van der Waals surface area contributed by atoms with Crippen LogP contribution in [0.2, 0.25) is 5.02 Å². The maximum absolute atomic E-state index is 12.7. The van der Waals surface area contributed by atoms with Gasteiger partial charge >= 0.3 is 5.97 Å². The molecule has 1 amide bonds. The van der Waals surface area contributed by atoms with Crippen molar-refractivity contribution in [1.82, 2.24) is 14.3 Å². The largest absolute Gasteiger partial charge is 0.468 e. The summed E-state index contributed by atoms with van der Waals surface area (Å²) in [7, 11) is 1.32. The zero-order valence-corrected chi connectivity index (χ0v) is 17.0. The highest BCUT2D eigenvalue weighted by Crippen LogP contribution is 2.22. The van der Waals surface area contributed by atoms with Crippen LogP contribution in [-0.2, 0) is 16.1 Å². The Hall–Kier alpha value is -2.45. The van der Waals surface area contributed by atoms with Gasteiger partial charge in [-0.1, -0.05) is 22.9 Å². The van der Waals surface area contributed by atoms with E-state index in [0.717, 1.165) is 15.9 Å². The molecule has 0 atom stereocenters. The van der Waals surface area contributed by atoms with Crippen LogP contribution in [0.15, 0.2) is 29.3 Å². The fraction of sp³-hybridized carbons (Fsp3) is 0.333. The summed E-state index contributed by atoms with van der Waals surface area (Å²) in [5, 5.41) is 4.90. The van der Waals surface area contributed by atoms with E-state index in [9.17, 15) is 9.59 Å². The number of methoxy groups -OCH3 is 1. The zero-order chi connectivity index (χ0) is 19.7. The van der Waals surface area contributed by atoms with Crippen LogP contribution in [0.4, 0.5) is 0 Å². The van der Waals surface area contributed by atoms with Crippen molar-refractivity contribution >= 4 is 45.0 Å². The van der Waals surface area contributed by atoms with E-state index in [1.807, 2.05) is 20.8 Å². The minimum atomic E-state index is -0.464. The van der Waals surface area contributed by atoms with E-state index >= 15 is 0 Å². The third-order valence-corrected chi connectivity index (χ3v) is 5.26. The highest BCUT2D eigenvalue weighted by molar-refractivity contribution is 7.16. The second-order valence-corrected chi connectivity index (χ2v) is 7.73. The average molecular weight is 407 g/mol. The Kier molecular flexibility index (Phi) is 5.48. The minimum absolute atomic E-state index is 0.0519. The lowest BCUT2D eigenvalue weighted by Crippen LogP contribution is -2.22. The molecule has 2 aromatic heterocycles. The molecule has 0 fully saturated rings. The van der Waals surface area contributed by atoms with Gasteiger partial charge in [-0.15, -0.1) is 0 Å². The molecule has 2 heterocycles. The molecule has 0 aliphatic heterocycles. The first-order valence-corrected chi connectivity index (χ1v) is 9.50. The minimum Gasteiger partial charge on any atom is -0.468 e. The highest BCUT2D eigenvalue weighted by atomic mass is 35.5. The summed E-state index contributed by atoms with van der Waals surface area (Å²) in [6, 6.07) is 7.14. The van der Waals surface area contributed by atoms with E-state index in [-0.39, 0.29) is 18.3 Å². The van der Waals surface area contributed by atoms with Crippen molar-refractivity contribution in [3.05, 3.63) is 45.5 Å². The molecule has 0 spiro atoms. The molecule has 0 saturated heterocycles. The lowest BCUT2D eigenvalue weighted by molar-refractivity contribution is -0.141. The number of thiazole rings is 1. The van der Waals surface area contributed by atoms with Crippen LogP contribution < -0.4 is 4.80 Å². The standard InChI is InChI=1S/C18H19ClN4O3S/c1-10(2)23-11(3)7-13(21-23)17(25)20-18-22(9-16(24)26-4)14-6-5-12(19)8-15(14)27-18/h5-8,10H,9H2,1-4H3. The summed E-state index contributed by atoms with van der Waals surface area (Å²) in [5.41, 5.74) is 1.90. The molecule has 27 heavy (non-hydrogen) atoms. The summed E-state index contributed by atoms with van der Waals surface area (Å²) >= 11 is 7.34. The van der Waals surface area contributed by atoms with Gasteiger partial charge in [-0.25, -0.2) is 0 Å². The van der Waals surface area contributed by atoms with Crippen molar-refractivity contribution in [3.8, 4) is 0 Å². The Morgan fingerprint density at radius 1 is 1.33 bits per heavy atom. The molecule has 0 aliphatic carbocycles. The third kappa shape index (κ3) is 3.96. The Balaban J connectivity index is 2.11. The predicted molar refractivity (Wildman–Crippen MR) is 104 cm³/mol. The number of hydrogen-bond donors (Lipinski definition) is 0. The number of carbonyl (C=O) groups is 2. The number of aromatic nitrogens is 3. The Labute approximate surface area is 164 Å². The maximum Gasteiger partial charge on any atom is 0.325 e. The molecular weight excluding hydrogens is 388 g/mol. The third-order valence-electron chi connectivity index (χ3n) is 3.99. The Bertz CT molecular complexity index is 1090. The van der Waals surface area contributed by atoms with Gasteiger partial charge in [0.15, 0.2) is 10.5 Å². The van der Waals surface area contributed by atoms with E-state index in [4.69, 9.17) is 16.3 Å². The van der Waals surface area contributed by atoms with E-state index < -0.39 is 11.9 Å². The van der Waals surface area contributed by atoms with Crippen LogP contribution in [0.25, 0.3) is 10.2 Å². The topological polar surface area (TPSA) is 78.5 Å². The molecule has 0 N–H and O–H groups in total. The van der Waals surface area contributed by atoms with Gasteiger partial charge in [0.25, 0.3) is 5.91 Å². The monoisotopic (exact) mass is 406 g/mol. The number of esters is 1. The van der Waals surface area contributed by atoms with Crippen LogP contribution in [0, 0.1) is 6.92 Å². The summed E-state index contributed by atoms with van der Waals surface area (Å²) < 4.78 is 9.00. The maximum atomic E-state index is 12.7. The van der Waals surface area contributed by atoms with Crippen molar-refractivity contribution in [2.75, 3.05) is 7.11 Å². The number of nitrogens with zero attached hydrogens (tertiary/aromatic N) is 4. The summed E-state index contributed by atoms with van der Waals surface area (Å²) in [5.74, 6) is -0.896. The van der Waals surface area contributed by atoms with E-state index in [1.165, 1.54) is 18.4 Å². The summed E-state index contributed by atoms with van der Waals surface area (Å²) in [4.78, 5) is 29.1. The van der Waals surface area contributed by atoms with Crippen LogP contribution in [0.1, 0.15) is 36.1 Å². The molecule has 9 heteroatoms. The molecule has 1 aromatic carbocycles. The number of rotatable bonds is 4. The van der Waals surface area contributed by atoms with E-state index in [0.29, 0.717) is 9.82 Å². The number of halogens is 1. The van der Waals surface area contributed by atoms with Crippen molar-refractivity contribution in [1.29, 1.82) is 0 Å². The fourth-order valence-corrected chi connectivity index (χ4v) is 4.04. The van der Waals surface area contributed by atoms with Crippen LogP contribution in [0.5, 0.6) is 0 Å². The van der Waals surface area contributed by atoms with E-state index in [2.05, 4.69) is 10.1 Å². The van der Waals surface area contributed by atoms with Crippen molar-refractivity contribution < 1.29 is 14.3 Å². The first-order valence-electron chi connectivity index (χ1n) is 8.31. The van der Waals surface area contributed by atoms with Crippen LogP contribution >= 0.6 is 22.9 Å². The lowest BCUT2D eigenvalue weighted by atomic mass is 10.3. The van der Waals surface area contributed by atoms with E-state index in [1.54, 1.807) is 33.5 Å². The molecule has 142 valence electrons. The molecule has 0 radical (unpaired) electrons. The van der Waals surface area contributed by atoms with Gasteiger partial charge in [0.05, 0.1) is 17.3 Å². The smallest absolute Gasteiger partial charge is 0.325 e. The number of carbonyl (C=O) groups excluding carboxylic acids is 2. The fourth-order valence-electron chi connectivity index (χ4n) is 2.74. The number of aryl methyl sites for hydroxylation is 1. The second kappa shape index (κ2) is 7.66. The predicted octanol–water partition coefficient (Wildman–Crippen LogP) is 3.36. The van der Waals surface area contributed by atoms with Crippen molar-refractivity contribution in [2.24, 2.45) is 4.99 Å². The highest BCUT2D eigenvalue weighted by Gasteiger charge is 2.16. The molecular formula is C18H19ClN4O3S.